The van der Waals surface area contributed by atoms with Crippen molar-refractivity contribution in [2.75, 3.05) is 20.2 Å². The Hall–Kier alpha value is -0.120. The molecule has 0 aromatic heterocycles. The smallest absolute Gasteiger partial charge is 0.158 e. The number of hydrogen-bond acceptors (Lipinski definition) is 3. The van der Waals surface area contributed by atoms with Gasteiger partial charge in [0, 0.05) is 19.6 Å². The fourth-order valence-electron chi connectivity index (χ4n) is 1.61. The number of ether oxygens (including phenoxy) is 1. The lowest BCUT2D eigenvalue weighted by atomic mass is 9.91. The SMILES string of the molecule is COC(O)C1CNCC(C)C1. The second-order valence-corrected chi connectivity index (χ2v) is 3.39. The standard InChI is InChI=1S/C8H17NO2/c1-6-3-7(5-9-4-6)8(10)11-2/h6-10H,3-5H2,1-2H3. The van der Waals surface area contributed by atoms with Crippen molar-refractivity contribution in [1.82, 2.24) is 5.32 Å². The zero-order valence-electron chi connectivity index (χ0n) is 7.21. The summed E-state index contributed by atoms with van der Waals surface area (Å²) in [5.41, 5.74) is 0. The predicted octanol–water partition coefficient (Wildman–Crippen LogP) is 0.197. The summed E-state index contributed by atoms with van der Waals surface area (Å²) in [5.74, 6) is 0.919. The van der Waals surface area contributed by atoms with Crippen molar-refractivity contribution >= 4 is 0 Å². The van der Waals surface area contributed by atoms with E-state index in [1.165, 1.54) is 0 Å². The van der Waals surface area contributed by atoms with E-state index in [9.17, 15) is 5.11 Å². The molecular formula is C8H17NO2. The number of hydrogen-bond donors (Lipinski definition) is 2. The molecule has 1 aliphatic rings. The molecule has 1 rings (SSSR count). The second kappa shape index (κ2) is 4.04. The average Bonchev–Trinajstić information content (AvgIpc) is 2.03. The van der Waals surface area contributed by atoms with Crippen molar-refractivity contribution in [1.29, 1.82) is 0 Å². The normalized spacial score (nSPS) is 35.2. The molecule has 0 radical (unpaired) electrons. The molecule has 0 aromatic carbocycles. The monoisotopic (exact) mass is 159 g/mol. The van der Waals surface area contributed by atoms with Crippen LogP contribution in [0, 0.1) is 11.8 Å². The van der Waals surface area contributed by atoms with Crippen LogP contribution in [-0.4, -0.2) is 31.6 Å². The Bertz CT molecular complexity index is 119. The minimum absolute atomic E-state index is 0.267. The topological polar surface area (TPSA) is 41.5 Å². The van der Waals surface area contributed by atoms with Crippen LogP contribution in [0.4, 0.5) is 0 Å². The first kappa shape index (κ1) is 8.97. The number of methoxy groups -OCH3 is 1. The van der Waals surface area contributed by atoms with Gasteiger partial charge in [-0.1, -0.05) is 6.92 Å². The number of aliphatic hydroxyl groups is 1. The van der Waals surface area contributed by atoms with Gasteiger partial charge in [0.25, 0.3) is 0 Å². The molecule has 0 aliphatic carbocycles. The van der Waals surface area contributed by atoms with Gasteiger partial charge in [0.05, 0.1) is 0 Å². The summed E-state index contributed by atoms with van der Waals surface area (Å²) in [7, 11) is 1.55. The molecule has 0 aromatic rings. The van der Waals surface area contributed by atoms with E-state index in [1.807, 2.05) is 0 Å². The van der Waals surface area contributed by atoms with Gasteiger partial charge in [-0.25, -0.2) is 0 Å². The van der Waals surface area contributed by atoms with E-state index in [4.69, 9.17) is 4.74 Å². The summed E-state index contributed by atoms with van der Waals surface area (Å²) in [6.07, 6.45) is 0.465. The Kier molecular flexibility index (Phi) is 3.30. The summed E-state index contributed by atoms with van der Waals surface area (Å²) in [6.45, 7) is 4.12. The van der Waals surface area contributed by atoms with Gasteiger partial charge in [-0.05, 0) is 18.9 Å². The van der Waals surface area contributed by atoms with E-state index in [0.717, 1.165) is 19.5 Å². The number of piperidine rings is 1. The van der Waals surface area contributed by atoms with Crippen molar-refractivity contribution in [2.45, 2.75) is 19.6 Å². The summed E-state index contributed by atoms with van der Waals surface area (Å²) in [5, 5.41) is 12.6. The van der Waals surface area contributed by atoms with Gasteiger partial charge in [0.15, 0.2) is 6.29 Å². The molecule has 0 amide bonds. The van der Waals surface area contributed by atoms with E-state index >= 15 is 0 Å². The third-order valence-corrected chi connectivity index (χ3v) is 2.25. The molecule has 3 unspecified atom stereocenters. The molecule has 1 saturated heterocycles. The van der Waals surface area contributed by atoms with Crippen LogP contribution in [0.3, 0.4) is 0 Å². The van der Waals surface area contributed by atoms with Gasteiger partial charge in [-0.3, -0.25) is 0 Å². The molecule has 0 spiro atoms. The molecule has 1 heterocycles. The van der Waals surface area contributed by atoms with Gasteiger partial charge >= 0.3 is 0 Å². The third-order valence-electron chi connectivity index (χ3n) is 2.25. The van der Waals surface area contributed by atoms with Gasteiger partial charge in [-0.15, -0.1) is 0 Å². The fourth-order valence-corrected chi connectivity index (χ4v) is 1.61. The molecule has 1 fully saturated rings. The van der Waals surface area contributed by atoms with E-state index in [2.05, 4.69) is 12.2 Å². The van der Waals surface area contributed by atoms with E-state index in [1.54, 1.807) is 7.11 Å². The van der Waals surface area contributed by atoms with Crippen LogP contribution in [0.25, 0.3) is 0 Å². The van der Waals surface area contributed by atoms with Crippen LogP contribution < -0.4 is 5.32 Å². The van der Waals surface area contributed by atoms with Gasteiger partial charge in [0.1, 0.15) is 0 Å². The van der Waals surface area contributed by atoms with Gasteiger partial charge in [0.2, 0.25) is 0 Å². The molecule has 0 bridgehead atoms. The highest BCUT2D eigenvalue weighted by molar-refractivity contribution is 4.75. The second-order valence-electron chi connectivity index (χ2n) is 3.39. The lowest BCUT2D eigenvalue weighted by Crippen LogP contribution is -2.41. The number of rotatable bonds is 2. The van der Waals surface area contributed by atoms with Crippen molar-refractivity contribution in [3.8, 4) is 0 Å². The maximum absolute atomic E-state index is 9.34. The molecule has 0 saturated carbocycles. The number of nitrogens with one attached hydrogen (secondary N) is 1. The predicted molar refractivity (Wildman–Crippen MR) is 43.2 cm³/mol. The lowest BCUT2D eigenvalue weighted by molar-refractivity contribution is -0.120. The molecule has 3 heteroatoms. The highest BCUT2D eigenvalue weighted by atomic mass is 16.6. The largest absolute Gasteiger partial charge is 0.368 e. The molecule has 3 nitrogen and oxygen atoms in total. The van der Waals surface area contributed by atoms with E-state index in [-0.39, 0.29) is 5.92 Å². The van der Waals surface area contributed by atoms with Crippen LogP contribution in [0.2, 0.25) is 0 Å². The lowest BCUT2D eigenvalue weighted by Gasteiger charge is -2.30. The minimum Gasteiger partial charge on any atom is -0.368 e. The maximum Gasteiger partial charge on any atom is 0.158 e. The van der Waals surface area contributed by atoms with E-state index < -0.39 is 6.29 Å². The zero-order valence-corrected chi connectivity index (χ0v) is 7.21. The van der Waals surface area contributed by atoms with Crippen molar-refractivity contribution < 1.29 is 9.84 Å². The minimum atomic E-state index is -0.592. The first-order chi connectivity index (χ1) is 5.24. The maximum atomic E-state index is 9.34. The first-order valence-corrected chi connectivity index (χ1v) is 4.15. The average molecular weight is 159 g/mol. The Morgan fingerprint density at radius 2 is 2.27 bits per heavy atom. The van der Waals surface area contributed by atoms with Crippen molar-refractivity contribution in [3.05, 3.63) is 0 Å². The Labute approximate surface area is 67.7 Å². The van der Waals surface area contributed by atoms with Gasteiger partial charge in [-0.2, -0.15) is 0 Å². The summed E-state index contributed by atoms with van der Waals surface area (Å²) in [4.78, 5) is 0. The van der Waals surface area contributed by atoms with Crippen LogP contribution in [0.15, 0.2) is 0 Å². The molecule has 66 valence electrons. The highest BCUT2D eigenvalue weighted by Gasteiger charge is 2.24. The quantitative estimate of drug-likeness (QED) is 0.565. The van der Waals surface area contributed by atoms with Crippen LogP contribution in [0.5, 0.6) is 0 Å². The molecular weight excluding hydrogens is 142 g/mol. The Balaban J connectivity index is 2.33. The highest BCUT2D eigenvalue weighted by Crippen LogP contribution is 2.18. The molecule has 11 heavy (non-hydrogen) atoms. The van der Waals surface area contributed by atoms with Crippen LogP contribution >= 0.6 is 0 Å². The molecule has 3 atom stereocenters. The molecule has 2 N–H and O–H groups in total. The first-order valence-electron chi connectivity index (χ1n) is 4.15. The van der Waals surface area contributed by atoms with E-state index in [0.29, 0.717) is 5.92 Å². The fraction of sp³-hybridized carbons (Fsp3) is 1.00. The van der Waals surface area contributed by atoms with Crippen LogP contribution in [-0.2, 0) is 4.74 Å². The summed E-state index contributed by atoms with van der Waals surface area (Å²) < 4.78 is 4.85. The third kappa shape index (κ3) is 2.43. The van der Waals surface area contributed by atoms with Crippen LogP contribution in [0.1, 0.15) is 13.3 Å². The van der Waals surface area contributed by atoms with Gasteiger partial charge < -0.3 is 15.2 Å². The summed E-state index contributed by atoms with van der Waals surface area (Å²) in [6, 6.07) is 0. The van der Waals surface area contributed by atoms with Crippen molar-refractivity contribution in [2.24, 2.45) is 11.8 Å². The summed E-state index contributed by atoms with van der Waals surface area (Å²) >= 11 is 0. The molecule has 1 aliphatic heterocycles. The Morgan fingerprint density at radius 3 is 2.82 bits per heavy atom. The zero-order chi connectivity index (χ0) is 8.27. The number of aliphatic hydroxyl groups excluding tert-OH is 1. The Morgan fingerprint density at radius 1 is 1.55 bits per heavy atom. The van der Waals surface area contributed by atoms with Crippen molar-refractivity contribution in [3.63, 3.8) is 0 Å².